The molecule has 1 aromatic heterocycles. The number of imidazole rings is 1. The molecule has 1 aliphatic heterocycles. The van der Waals surface area contributed by atoms with Gasteiger partial charge in [0.1, 0.15) is 11.9 Å². The van der Waals surface area contributed by atoms with Gasteiger partial charge >= 0.3 is 0 Å². The molecule has 0 radical (unpaired) electrons. The quantitative estimate of drug-likeness (QED) is 0.169. The van der Waals surface area contributed by atoms with E-state index in [0.29, 0.717) is 41.1 Å². The number of hydrogen-bond acceptors (Lipinski definition) is 6. The van der Waals surface area contributed by atoms with Gasteiger partial charge in [0.25, 0.3) is 14.2 Å². The van der Waals surface area contributed by atoms with E-state index >= 15 is 0 Å². The molecule has 3 atom stereocenters. The average Bonchev–Trinajstić information content (AvgIpc) is 3.27. The number of aliphatic hydroxyl groups is 1. The minimum Gasteiger partial charge on any atom is -0.756 e. The fourth-order valence-electron chi connectivity index (χ4n) is 4.85. The Kier molecular flexibility index (Phi) is 9.05. The average molecular weight is 596 g/mol. The van der Waals surface area contributed by atoms with Crippen LogP contribution in [0.4, 0.5) is 13.2 Å². The van der Waals surface area contributed by atoms with Crippen LogP contribution < -0.4 is 14.2 Å². The Bertz CT molecular complexity index is 1510. The third-order valence-electron chi connectivity index (χ3n) is 6.75. The van der Waals surface area contributed by atoms with Crippen LogP contribution >= 0.6 is 7.82 Å². The van der Waals surface area contributed by atoms with Crippen LogP contribution in [0.1, 0.15) is 42.6 Å². The third-order valence-corrected chi connectivity index (χ3v) is 7.19. The number of rotatable bonds is 9. The first-order chi connectivity index (χ1) is 19.3. The van der Waals surface area contributed by atoms with E-state index in [9.17, 15) is 32.5 Å². The van der Waals surface area contributed by atoms with E-state index in [1.807, 2.05) is 0 Å². The maximum Gasteiger partial charge on any atom is 0.268 e. The number of likely N-dealkylation sites (tertiary alicyclic amines) is 1. The predicted molar refractivity (Wildman–Crippen MR) is 138 cm³/mol. The fraction of sp³-hybridized carbons (Fsp3) is 0.333. The highest BCUT2D eigenvalue weighted by molar-refractivity contribution is 7.44. The summed E-state index contributed by atoms with van der Waals surface area (Å²) in [5, 5.41) is 10.4. The van der Waals surface area contributed by atoms with Gasteiger partial charge in [0, 0.05) is 19.0 Å². The van der Waals surface area contributed by atoms with Crippen molar-refractivity contribution in [2.75, 3.05) is 13.7 Å². The van der Waals surface area contributed by atoms with Crippen molar-refractivity contribution in [1.82, 2.24) is 9.47 Å². The van der Waals surface area contributed by atoms with Gasteiger partial charge in [-0.3, -0.25) is 13.9 Å². The summed E-state index contributed by atoms with van der Waals surface area (Å²) in [5.74, 6) is -4.45. The highest BCUT2D eigenvalue weighted by Crippen LogP contribution is 2.33. The molecule has 2 aromatic carbocycles. The number of phosphoric acid groups is 1. The second-order valence-electron chi connectivity index (χ2n) is 9.68. The van der Waals surface area contributed by atoms with E-state index in [-0.39, 0.29) is 12.1 Å². The van der Waals surface area contributed by atoms with E-state index in [1.54, 1.807) is 48.3 Å². The van der Waals surface area contributed by atoms with Gasteiger partial charge in [-0.2, -0.15) is 4.57 Å². The van der Waals surface area contributed by atoms with Crippen molar-refractivity contribution >= 4 is 19.8 Å². The number of aliphatic hydroxyl groups excluding tert-OH is 1. The number of hydrogen-bond donors (Lipinski definition) is 2. The number of aromatic nitrogens is 2. The minimum atomic E-state index is -4.90. The standard InChI is InChI=1S/C27H29F3N3O7P/c1-16-13-31(14-32(16)15-40-41(36,37)38)23-7-6-18(10-24(23)39-3)9-19-5-4-8-33(27(19)35)26(17(2)34)20-11-21(28)25(30)22(29)12-20/h6-7,9-14,17,26,34H,4-5,8,15H2,1-3H3,(H-,36,37,38)/b19-9+/t17-,26+/m1/s1. The van der Waals surface area contributed by atoms with E-state index in [1.165, 1.54) is 23.5 Å². The number of aryl methyl sites for hydroxylation is 1. The Hall–Kier alpha value is -3.48. The van der Waals surface area contributed by atoms with Crippen LogP contribution in [-0.4, -0.2) is 45.1 Å². The molecular weight excluding hydrogens is 566 g/mol. The molecule has 1 fully saturated rings. The summed E-state index contributed by atoms with van der Waals surface area (Å²) in [6, 6.07) is 5.64. The van der Waals surface area contributed by atoms with E-state index in [4.69, 9.17) is 9.63 Å². The van der Waals surface area contributed by atoms with Gasteiger partial charge in [-0.1, -0.05) is 6.07 Å². The molecule has 0 spiro atoms. The topological polar surface area (TPSA) is 128 Å². The SMILES string of the molecule is COc1cc(/C=C2\CCCN([C@H](c3cc(F)c(F)c(F)c3)[C@@H](C)O)C2=O)ccc1-[n+]1cc(C)n(COP(=O)([O-])O)c1. The normalized spacial score (nSPS) is 17.9. The molecule has 220 valence electrons. The number of halogens is 3. The Labute approximate surface area is 234 Å². The molecule has 2 N–H and O–H groups in total. The van der Waals surface area contributed by atoms with Crippen molar-refractivity contribution in [1.29, 1.82) is 0 Å². The number of carbonyl (C=O) groups is 1. The molecule has 1 saturated heterocycles. The smallest absolute Gasteiger partial charge is 0.268 e. The zero-order valence-electron chi connectivity index (χ0n) is 22.5. The second-order valence-corrected chi connectivity index (χ2v) is 10.9. The van der Waals surface area contributed by atoms with Crippen LogP contribution in [0, 0.1) is 24.4 Å². The van der Waals surface area contributed by atoms with Crippen molar-refractivity contribution in [3.05, 3.63) is 82.7 Å². The number of amides is 1. The van der Waals surface area contributed by atoms with Gasteiger partial charge in [0.2, 0.25) is 5.91 Å². The molecule has 10 nitrogen and oxygen atoms in total. The Morgan fingerprint density at radius 3 is 2.51 bits per heavy atom. The first-order valence-electron chi connectivity index (χ1n) is 12.6. The summed E-state index contributed by atoms with van der Waals surface area (Å²) < 4.78 is 65.6. The molecule has 0 saturated carbocycles. The maximum absolute atomic E-state index is 14.0. The molecule has 0 bridgehead atoms. The Balaban J connectivity index is 1.62. The molecule has 3 aromatic rings. The summed E-state index contributed by atoms with van der Waals surface area (Å²) >= 11 is 0. The summed E-state index contributed by atoms with van der Waals surface area (Å²) in [6.07, 6.45) is 4.67. The van der Waals surface area contributed by atoms with Gasteiger partial charge in [0.05, 0.1) is 19.3 Å². The highest BCUT2D eigenvalue weighted by Gasteiger charge is 2.34. The summed E-state index contributed by atoms with van der Waals surface area (Å²) in [5.41, 5.74) is 2.19. The summed E-state index contributed by atoms with van der Waals surface area (Å²) in [7, 11) is -3.44. The lowest BCUT2D eigenvalue weighted by Gasteiger charge is -2.37. The predicted octanol–water partition coefficient (Wildman–Crippen LogP) is 3.06. The molecule has 1 aliphatic rings. The molecule has 1 amide bonds. The number of ether oxygens (including phenoxy) is 1. The minimum absolute atomic E-state index is 0.0567. The van der Waals surface area contributed by atoms with E-state index in [0.717, 1.165) is 12.1 Å². The van der Waals surface area contributed by atoms with Crippen LogP contribution in [0.2, 0.25) is 0 Å². The first-order valence-corrected chi connectivity index (χ1v) is 14.1. The molecule has 2 heterocycles. The van der Waals surface area contributed by atoms with Crippen LogP contribution in [0.5, 0.6) is 5.75 Å². The fourth-order valence-corrected chi connectivity index (χ4v) is 5.12. The zero-order chi connectivity index (χ0) is 30.1. The lowest BCUT2D eigenvalue weighted by Crippen LogP contribution is -2.43. The number of carbonyl (C=O) groups excluding carboxylic acids is 1. The lowest BCUT2D eigenvalue weighted by molar-refractivity contribution is -0.596. The van der Waals surface area contributed by atoms with Crippen molar-refractivity contribution in [2.45, 2.75) is 45.6 Å². The summed E-state index contributed by atoms with van der Waals surface area (Å²) in [4.78, 5) is 34.6. The maximum atomic E-state index is 14.0. The molecular formula is C27H29F3N3O7P. The monoisotopic (exact) mass is 595 g/mol. The second kappa shape index (κ2) is 12.2. The van der Waals surface area contributed by atoms with Gasteiger partial charge in [-0.25, -0.2) is 17.7 Å². The van der Waals surface area contributed by atoms with Crippen molar-refractivity contribution in [3.63, 3.8) is 0 Å². The Morgan fingerprint density at radius 2 is 1.90 bits per heavy atom. The van der Waals surface area contributed by atoms with Crippen LogP contribution in [-0.2, 0) is 20.6 Å². The van der Waals surface area contributed by atoms with Gasteiger partial charge in [-0.05, 0) is 61.2 Å². The van der Waals surface area contributed by atoms with Crippen molar-refractivity contribution < 1.29 is 51.3 Å². The largest absolute Gasteiger partial charge is 0.756 e. The third kappa shape index (κ3) is 6.88. The molecule has 41 heavy (non-hydrogen) atoms. The lowest BCUT2D eigenvalue weighted by atomic mass is 9.94. The Morgan fingerprint density at radius 1 is 1.22 bits per heavy atom. The number of methoxy groups -OCH3 is 1. The van der Waals surface area contributed by atoms with E-state index in [2.05, 4.69) is 4.52 Å². The molecule has 1 unspecified atom stereocenters. The van der Waals surface area contributed by atoms with Crippen molar-refractivity contribution in [3.8, 4) is 11.4 Å². The van der Waals surface area contributed by atoms with Gasteiger partial charge in [-0.15, -0.1) is 0 Å². The number of phosphoric ester groups is 1. The van der Waals surface area contributed by atoms with Crippen LogP contribution in [0.15, 0.2) is 48.4 Å². The van der Waals surface area contributed by atoms with Gasteiger partial charge < -0.3 is 24.5 Å². The van der Waals surface area contributed by atoms with Gasteiger partial charge in [0.15, 0.2) is 35.6 Å². The highest BCUT2D eigenvalue weighted by atomic mass is 31.2. The first kappa shape index (κ1) is 30.5. The molecule has 0 aliphatic carbocycles. The van der Waals surface area contributed by atoms with Crippen LogP contribution in [0.25, 0.3) is 11.8 Å². The summed E-state index contributed by atoms with van der Waals surface area (Å²) in [6.45, 7) is 2.91. The number of nitrogens with zero attached hydrogens (tertiary/aromatic N) is 3. The molecule has 4 rings (SSSR count). The number of piperidine rings is 1. The van der Waals surface area contributed by atoms with Crippen LogP contribution in [0.3, 0.4) is 0 Å². The van der Waals surface area contributed by atoms with Crippen molar-refractivity contribution in [2.24, 2.45) is 0 Å². The molecule has 14 heteroatoms. The number of benzene rings is 2. The van der Waals surface area contributed by atoms with E-state index < -0.39 is 50.1 Å². The zero-order valence-corrected chi connectivity index (χ0v) is 23.4.